The van der Waals surface area contributed by atoms with Crippen molar-refractivity contribution in [3.05, 3.63) is 18.2 Å². The van der Waals surface area contributed by atoms with Gasteiger partial charge in [-0.25, -0.2) is 4.98 Å². The Labute approximate surface area is 83.8 Å². The number of aliphatic hydroxyl groups is 1. The second-order valence-corrected chi connectivity index (χ2v) is 3.87. The van der Waals surface area contributed by atoms with Gasteiger partial charge in [-0.3, -0.25) is 0 Å². The molecule has 0 aromatic carbocycles. The topological polar surface area (TPSA) is 64.1 Å². The van der Waals surface area contributed by atoms with E-state index in [1.165, 1.54) is 6.42 Å². The van der Waals surface area contributed by atoms with Gasteiger partial charge in [0.2, 0.25) is 0 Å². The average Bonchev–Trinajstić information content (AvgIpc) is 2.66. The first-order chi connectivity index (χ1) is 6.83. The minimum absolute atomic E-state index is 0.185. The van der Waals surface area contributed by atoms with Gasteiger partial charge in [-0.2, -0.15) is 0 Å². The Morgan fingerprint density at radius 2 is 2.29 bits per heavy atom. The summed E-state index contributed by atoms with van der Waals surface area (Å²) in [5.74, 6) is 0.871. The van der Waals surface area contributed by atoms with Crippen molar-refractivity contribution in [2.24, 2.45) is 5.73 Å². The van der Waals surface area contributed by atoms with Crippen molar-refractivity contribution < 1.29 is 5.11 Å². The maximum absolute atomic E-state index is 9.87. The molecule has 78 valence electrons. The summed E-state index contributed by atoms with van der Waals surface area (Å²) in [6, 6.07) is 0.185. The van der Waals surface area contributed by atoms with E-state index in [1.807, 2.05) is 10.8 Å². The van der Waals surface area contributed by atoms with Gasteiger partial charge in [-0.05, 0) is 12.8 Å². The largest absolute Gasteiger partial charge is 0.391 e. The molecule has 1 aliphatic carbocycles. The van der Waals surface area contributed by atoms with Gasteiger partial charge in [-0.1, -0.05) is 12.8 Å². The second-order valence-electron chi connectivity index (χ2n) is 3.87. The third-order valence-electron chi connectivity index (χ3n) is 2.98. The summed E-state index contributed by atoms with van der Waals surface area (Å²) >= 11 is 0. The Morgan fingerprint density at radius 1 is 1.50 bits per heavy atom. The first-order valence-corrected chi connectivity index (χ1v) is 5.22. The van der Waals surface area contributed by atoms with Gasteiger partial charge in [0, 0.05) is 12.4 Å². The zero-order valence-electron chi connectivity index (χ0n) is 8.26. The molecule has 0 bridgehead atoms. The third-order valence-corrected chi connectivity index (χ3v) is 2.98. The molecule has 1 heterocycles. The number of aliphatic hydroxyl groups excluding tert-OH is 1. The molecule has 0 radical (unpaired) electrons. The molecule has 4 nitrogen and oxygen atoms in total. The highest BCUT2D eigenvalue weighted by molar-refractivity contribution is 4.97. The number of imidazole rings is 1. The molecule has 1 aromatic heterocycles. The lowest BCUT2D eigenvalue weighted by Crippen LogP contribution is -2.28. The molecule has 2 atom stereocenters. The standard InChI is InChI=1S/C10H17N3O/c11-7-10-12-5-6-13(10)8-3-1-2-4-9(8)14/h5-6,8-9,14H,1-4,7,11H2. The molecule has 1 fully saturated rings. The summed E-state index contributed by atoms with van der Waals surface area (Å²) in [4.78, 5) is 4.17. The first kappa shape index (κ1) is 9.68. The smallest absolute Gasteiger partial charge is 0.122 e. The highest BCUT2D eigenvalue weighted by Gasteiger charge is 2.25. The Balaban J connectivity index is 2.20. The summed E-state index contributed by atoms with van der Waals surface area (Å²) in [6.45, 7) is 0.441. The molecule has 1 aliphatic rings. The number of hydrogen-bond donors (Lipinski definition) is 2. The van der Waals surface area contributed by atoms with Crippen LogP contribution in [-0.2, 0) is 6.54 Å². The van der Waals surface area contributed by atoms with E-state index < -0.39 is 0 Å². The number of hydrogen-bond acceptors (Lipinski definition) is 3. The minimum Gasteiger partial charge on any atom is -0.391 e. The summed E-state index contributed by atoms with van der Waals surface area (Å²) < 4.78 is 2.03. The van der Waals surface area contributed by atoms with Gasteiger partial charge in [0.15, 0.2) is 0 Å². The summed E-state index contributed by atoms with van der Waals surface area (Å²) in [5, 5.41) is 9.87. The van der Waals surface area contributed by atoms with Crippen molar-refractivity contribution in [1.29, 1.82) is 0 Å². The average molecular weight is 195 g/mol. The Morgan fingerprint density at radius 3 is 3.00 bits per heavy atom. The van der Waals surface area contributed by atoms with Crippen molar-refractivity contribution in [3.63, 3.8) is 0 Å². The van der Waals surface area contributed by atoms with Crippen LogP contribution in [0, 0.1) is 0 Å². The van der Waals surface area contributed by atoms with E-state index in [0.717, 1.165) is 25.1 Å². The molecule has 1 aromatic rings. The van der Waals surface area contributed by atoms with Crippen molar-refractivity contribution in [2.45, 2.75) is 44.4 Å². The van der Waals surface area contributed by atoms with Crippen molar-refractivity contribution in [2.75, 3.05) is 0 Å². The molecule has 4 heteroatoms. The first-order valence-electron chi connectivity index (χ1n) is 5.22. The predicted molar refractivity (Wildman–Crippen MR) is 53.6 cm³/mol. The normalized spacial score (nSPS) is 27.9. The molecule has 2 unspecified atom stereocenters. The van der Waals surface area contributed by atoms with Crippen LogP contribution in [0.15, 0.2) is 12.4 Å². The van der Waals surface area contributed by atoms with Gasteiger partial charge in [0.1, 0.15) is 5.82 Å². The molecule has 0 aliphatic heterocycles. The fourth-order valence-corrected chi connectivity index (χ4v) is 2.22. The van der Waals surface area contributed by atoms with Gasteiger partial charge in [0.25, 0.3) is 0 Å². The molecule has 1 saturated carbocycles. The lowest BCUT2D eigenvalue weighted by Gasteiger charge is -2.29. The van der Waals surface area contributed by atoms with E-state index in [-0.39, 0.29) is 12.1 Å². The monoisotopic (exact) mass is 195 g/mol. The molecule has 2 rings (SSSR count). The minimum atomic E-state index is -0.233. The van der Waals surface area contributed by atoms with Crippen LogP contribution >= 0.6 is 0 Å². The molecule has 0 spiro atoms. The zero-order chi connectivity index (χ0) is 9.97. The highest BCUT2D eigenvalue weighted by Crippen LogP contribution is 2.29. The van der Waals surface area contributed by atoms with Crippen LogP contribution < -0.4 is 5.73 Å². The highest BCUT2D eigenvalue weighted by atomic mass is 16.3. The van der Waals surface area contributed by atoms with E-state index in [9.17, 15) is 5.11 Å². The van der Waals surface area contributed by atoms with Gasteiger partial charge >= 0.3 is 0 Å². The third kappa shape index (κ3) is 1.67. The number of nitrogens with two attached hydrogens (primary N) is 1. The van der Waals surface area contributed by atoms with E-state index >= 15 is 0 Å². The van der Waals surface area contributed by atoms with E-state index in [0.29, 0.717) is 6.54 Å². The maximum atomic E-state index is 9.87. The zero-order valence-corrected chi connectivity index (χ0v) is 8.26. The van der Waals surface area contributed by atoms with E-state index in [4.69, 9.17) is 5.73 Å². The fraction of sp³-hybridized carbons (Fsp3) is 0.700. The van der Waals surface area contributed by atoms with Crippen LogP contribution in [0.2, 0.25) is 0 Å². The predicted octanol–water partition coefficient (Wildman–Crippen LogP) is 0.818. The van der Waals surface area contributed by atoms with Gasteiger partial charge in [0.05, 0.1) is 18.7 Å². The Kier molecular flexibility index (Phi) is 2.84. The summed E-state index contributed by atoms with van der Waals surface area (Å²) in [7, 11) is 0. The maximum Gasteiger partial charge on any atom is 0.122 e. The van der Waals surface area contributed by atoms with E-state index in [1.54, 1.807) is 6.20 Å². The molecular weight excluding hydrogens is 178 g/mol. The SMILES string of the molecule is NCc1nccn1C1CCCCC1O. The van der Waals surface area contributed by atoms with Crippen molar-refractivity contribution >= 4 is 0 Å². The van der Waals surface area contributed by atoms with E-state index in [2.05, 4.69) is 4.98 Å². The van der Waals surface area contributed by atoms with Crippen molar-refractivity contribution in [3.8, 4) is 0 Å². The summed E-state index contributed by atoms with van der Waals surface area (Å²) in [5.41, 5.74) is 5.58. The Bertz CT molecular complexity index is 297. The van der Waals surface area contributed by atoms with Crippen LogP contribution in [0.5, 0.6) is 0 Å². The molecule has 0 amide bonds. The van der Waals surface area contributed by atoms with Crippen molar-refractivity contribution in [1.82, 2.24) is 9.55 Å². The Hall–Kier alpha value is -0.870. The van der Waals surface area contributed by atoms with Crippen LogP contribution in [-0.4, -0.2) is 20.8 Å². The molecule has 14 heavy (non-hydrogen) atoms. The van der Waals surface area contributed by atoms with Crippen LogP contribution in [0.1, 0.15) is 37.5 Å². The quantitative estimate of drug-likeness (QED) is 0.734. The molecular formula is C10H17N3O. The summed E-state index contributed by atoms with van der Waals surface area (Å²) in [6.07, 6.45) is 7.68. The second kappa shape index (κ2) is 4.11. The number of nitrogens with zero attached hydrogens (tertiary/aromatic N) is 2. The molecule has 0 saturated heterocycles. The van der Waals surface area contributed by atoms with Gasteiger partial charge < -0.3 is 15.4 Å². The number of rotatable bonds is 2. The van der Waals surface area contributed by atoms with Gasteiger partial charge in [-0.15, -0.1) is 0 Å². The van der Waals surface area contributed by atoms with Crippen LogP contribution in [0.25, 0.3) is 0 Å². The molecule has 3 N–H and O–H groups in total. The van der Waals surface area contributed by atoms with Crippen LogP contribution in [0.4, 0.5) is 0 Å². The number of aromatic nitrogens is 2. The lowest BCUT2D eigenvalue weighted by atomic mass is 9.92. The lowest BCUT2D eigenvalue weighted by molar-refractivity contribution is 0.0741. The van der Waals surface area contributed by atoms with Crippen LogP contribution in [0.3, 0.4) is 0 Å². The fourth-order valence-electron chi connectivity index (χ4n) is 2.22.